The number of nitrogens with zero attached hydrogens (tertiary/aromatic N) is 2. The first kappa shape index (κ1) is 28.1. The van der Waals surface area contributed by atoms with Crippen molar-refractivity contribution >= 4 is 27.4 Å². The number of ether oxygens (including phenoxy) is 1. The number of aryl methyl sites for hydroxylation is 1. The monoisotopic (exact) mass is 562 g/mol. The lowest BCUT2D eigenvalue weighted by Gasteiger charge is -2.48. The Morgan fingerprint density at radius 1 is 1.00 bits per heavy atom. The van der Waals surface area contributed by atoms with Crippen molar-refractivity contribution in [3.8, 4) is 5.88 Å². The average molecular weight is 563 g/mol. The number of hydrogen-bond acceptors (Lipinski definition) is 6. The van der Waals surface area contributed by atoms with E-state index in [0.29, 0.717) is 11.6 Å². The number of rotatable bonds is 7. The number of aromatic nitrogens is 2. The third kappa shape index (κ3) is 4.96. The highest BCUT2D eigenvalue weighted by molar-refractivity contribution is 7.92. The van der Waals surface area contributed by atoms with Crippen molar-refractivity contribution in [3.63, 3.8) is 0 Å². The highest BCUT2D eigenvalue weighted by Gasteiger charge is 2.48. The molecule has 2 unspecified atom stereocenters. The topological polar surface area (TPSA) is 110 Å². The van der Waals surface area contributed by atoms with Crippen LogP contribution in [0, 0.1) is 5.92 Å². The fourth-order valence-electron chi connectivity index (χ4n) is 6.21. The van der Waals surface area contributed by atoms with Gasteiger partial charge in [0.25, 0.3) is 10.0 Å². The summed E-state index contributed by atoms with van der Waals surface area (Å²) in [6.45, 7) is 9.00. The van der Waals surface area contributed by atoms with Crippen LogP contribution in [0.1, 0.15) is 75.6 Å². The van der Waals surface area contributed by atoms with Crippen LogP contribution in [-0.4, -0.2) is 31.4 Å². The van der Waals surface area contributed by atoms with Crippen molar-refractivity contribution in [2.75, 3.05) is 17.1 Å². The Hall–Kier alpha value is -3.46. The Kier molecular flexibility index (Phi) is 7.37. The Morgan fingerprint density at radius 3 is 2.42 bits per heavy atom. The van der Waals surface area contributed by atoms with Crippen LogP contribution in [-0.2, 0) is 38.5 Å². The Balaban J connectivity index is 1.40. The summed E-state index contributed by atoms with van der Waals surface area (Å²) >= 11 is 0. The average Bonchev–Trinajstić information content (AvgIpc) is 2.94. The largest absolute Gasteiger partial charge is 0.481 e. The highest BCUT2D eigenvalue weighted by atomic mass is 32.2. The molecule has 0 saturated heterocycles. The van der Waals surface area contributed by atoms with E-state index in [2.05, 4.69) is 59.8 Å². The predicted molar refractivity (Wildman–Crippen MR) is 156 cm³/mol. The molecular weight excluding hydrogens is 524 g/mol. The predicted octanol–water partition coefficient (Wildman–Crippen LogP) is 5.77. The molecule has 0 spiro atoms. The van der Waals surface area contributed by atoms with Gasteiger partial charge in [0, 0.05) is 11.8 Å². The van der Waals surface area contributed by atoms with Crippen LogP contribution < -0.4 is 14.8 Å². The Morgan fingerprint density at radius 2 is 1.73 bits per heavy atom. The van der Waals surface area contributed by atoms with Gasteiger partial charge >= 0.3 is 0 Å². The summed E-state index contributed by atoms with van der Waals surface area (Å²) < 4.78 is 33.3. The van der Waals surface area contributed by atoms with Crippen LogP contribution in [0.5, 0.6) is 5.88 Å². The molecule has 0 fully saturated rings. The number of amides is 1. The van der Waals surface area contributed by atoms with Crippen LogP contribution in [0.25, 0.3) is 0 Å². The molecule has 3 aromatic rings. The van der Waals surface area contributed by atoms with E-state index in [1.54, 1.807) is 12.1 Å². The molecule has 212 valence electrons. The minimum atomic E-state index is -3.89. The Labute approximate surface area is 237 Å². The molecule has 40 heavy (non-hydrogen) atoms. The number of methoxy groups -OCH3 is 1. The summed E-state index contributed by atoms with van der Waals surface area (Å²) in [5.74, 6) is 0.734. The maximum absolute atomic E-state index is 13.9. The summed E-state index contributed by atoms with van der Waals surface area (Å²) in [7, 11) is -2.45. The number of fused-ring (bicyclic) bond motifs is 3. The third-order valence-corrected chi connectivity index (χ3v) is 10.5. The van der Waals surface area contributed by atoms with Crippen LogP contribution in [0.2, 0.25) is 0 Å². The zero-order valence-electron chi connectivity index (χ0n) is 23.9. The SMILES string of the molecule is COc1cc(NS(=O)(=O)c2ccc(NC(=O)C3(C)CCC(C)(C(C)C)c4c3ccc3c4CCCC3)cc2)ncn1. The van der Waals surface area contributed by atoms with Crippen molar-refractivity contribution in [3.05, 3.63) is 71.0 Å². The van der Waals surface area contributed by atoms with Gasteiger partial charge in [0.2, 0.25) is 11.8 Å². The molecule has 1 aromatic heterocycles. The molecule has 8 nitrogen and oxygen atoms in total. The standard InChI is InChI=1S/C31H38N4O4S/c1-20(2)30(3)16-17-31(4,25-15-10-21-8-6-7-9-24(21)28(25)30)29(36)34-22-11-13-23(14-12-22)40(37,38)35-26-18-27(39-5)33-19-32-26/h10-15,18-20H,6-9,16-17H2,1-5H3,(H,34,36)(H,32,33,35). The number of sulfonamides is 1. The molecular formula is C31H38N4O4S. The van der Waals surface area contributed by atoms with E-state index in [9.17, 15) is 13.2 Å². The molecule has 2 N–H and O–H groups in total. The number of anilines is 2. The summed E-state index contributed by atoms with van der Waals surface area (Å²) in [4.78, 5) is 21.8. The second kappa shape index (κ2) is 10.5. The van der Waals surface area contributed by atoms with Crippen molar-refractivity contribution in [2.45, 2.75) is 81.9 Å². The summed E-state index contributed by atoms with van der Waals surface area (Å²) in [5, 5.41) is 3.08. The smallest absolute Gasteiger partial charge is 0.263 e. The van der Waals surface area contributed by atoms with Gasteiger partial charge in [-0.05, 0) is 103 Å². The van der Waals surface area contributed by atoms with Gasteiger partial charge in [0.05, 0.1) is 17.4 Å². The first-order valence-corrected chi connectivity index (χ1v) is 15.4. The van der Waals surface area contributed by atoms with Gasteiger partial charge in [-0.25, -0.2) is 18.4 Å². The maximum atomic E-state index is 13.9. The minimum absolute atomic E-state index is 0.0223. The molecule has 9 heteroatoms. The van der Waals surface area contributed by atoms with E-state index in [-0.39, 0.29) is 27.9 Å². The minimum Gasteiger partial charge on any atom is -0.481 e. The summed E-state index contributed by atoms with van der Waals surface area (Å²) in [6.07, 6.45) is 7.50. The van der Waals surface area contributed by atoms with E-state index >= 15 is 0 Å². The molecule has 2 atom stereocenters. The van der Waals surface area contributed by atoms with Gasteiger partial charge in [-0.15, -0.1) is 0 Å². The van der Waals surface area contributed by atoms with Gasteiger partial charge in [0.1, 0.15) is 12.1 Å². The molecule has 0 aliphatic heterocycles. The number of hydrogen-bond donors (Lipinski definition) is 2. The van der Waals surface area contributed by atoms with Crippen LogP contribution in [0.15, 0.2) is 53.7 Å². The van der Waals surface area contributed by atoms with Crippen molar-refractivity contribution in [1.29, 1.82) is 0 Å². The second-order valence-corrected chi connectivity index (χ2v) is 13.4. The normalized spacial score (nSPS) is 22.2. The number of nitrogens with one attached hydrogen (secondary N) is 2. The molecule has 1 heterocycles. The molecule has 5 rings (SSSR count). The van der Waals surface area contributed by atoms with Crippen molar-refractivity contribution in [2.24, 2.45) is 5.92 Å². The molecule has 1 amide bonds. The fraction of sp³-hybridized carbons (Fsp3) is 0.452. The lowest BCUT2D eigenvalue weighted by atomic mass is 9.56. The van der Waals surface area contributed by atoms with E-state index in [1.165, 1.54) is 61.2 Å². The Bertz CT molecular complexity index is 1540. The molecule has 2 aromatic carbocycles. The van der Waals surface area contributed by atoms with Gasteiger partial charge < -0.3 is 10.1 Å². The van der Waals surface area contributed by atoms with Crippen molar-refractivity contribution in [1.82, 2.24) is 9.97 Å². The molecule has 0 bridgehead atoms. The third-order valence-electron chi connectivity index (χ3n) is 9.13. The number of carbonyl (C=O) groups excluding carboxylic acids is 1. The zero-order valence-corrected chi connectivity index (χ0v) is 24.7. The zero-order chi connectivity index (χ0) is 28.7. The molecule has 2 aliphatic rings. The number of benzene rings is 2. The van der Waals surface area contributed by atoms with E-state index in [1.807, 2.05) is 0 Å². The van der Waals surface area contributed by atoms with Gasteiger partial charge in [0.15, 0.2) is 0 Å². The molecule has 0 saturated carbocycles. The molecule has 0 radical (unpaired) electrons. The van der Waals surface area contributed by atoms with Crippen LogP contribution >= 0.6 is 0 Å². The molecule has 2 aliphatic carbocycles. The lowest BCUT2D eigenvalue weighted by Crippen LogP contribution is -2.47. The lowest BCUT2D eigenvalue weighted by molar-refractivity contribution is -0.121. The van der Waals surface area contributed by atoms with Gasteiger partial charge in [-0.3, -0.25) is 9.52 Å². The summed E-state index contributed by atoms with van der Waals surface area (Å²) in [6, 6.07) is 12.0. The van der Waals surface area contributed by atoms with Gasteiger partial charge in [-0.2, -0.15) is 0 Å². The second-order valence-electron chi connectivity index (χ2n) is 11.8. The van der Waals surface area contributed by atoms with Gasteiger partial charge in [-0.1, -0.05) is 32.9 Å². The highest BCUT2D eigenvalue weighted by Crippen LogP contribution is 2.52. The van der Waals surface area contributed by atoms with E-state index in [4.69, 9.17) is 4.74 Å². The first-order valence-electron chi connectivity index (χ1n) is 13.9. The first-order chi connectivity index (χ1) is 19.0. The maximum Gasteiger partial charge on any atom is 0.263 e. The number of carbonyl (C=O) groups is 1. The van der Waals surface area contributed by atoms with E-state index < -0.39 is 15.4 Å². The van der Waals surface area contributed by atoms with Crippen molar-refractivity contribution < 1.29 is 17.9 Å². The quantitative estimate of drug-likeness (QED) is 0.378. The van der Waals surface area contributed by atoms with Crippen LogP contribution in [0.3, 0.4) is 0 Å². The summed E-state index contributed by atoms with van der Waals surface area (Å²) in [5.41, 5.74) is 5.30. The fourth-order valence-corrected chi connectivity index (χ4v) is 7.21. The van der Waals surface area contributed by atoms with Crippen LogP contribution in [0.4, 0.5) is 11.5 Å². The van der Waals surface area contributed by atoms with E-state index in [0.717, 1.165) is 31.2 Å².